The molecule has 1 N–H and O–H groups in total. The summed E-state index contributed by atoms with van der Waals surface area (Å²) >= 11 is 0. The van der Waals surface area contributed by atoms with Gasteiger partial charge in [-0.15, -0.1) is 0 Å². The Balaban J connectivity index is 1.65. The molecule has 1 aliphatic carbocycles. The van der Waals surface area contributed by atoms with Crippen LogP contribution in [0.4, 0.5) is 0 Å². The molecule has 0 radical (unpaired) electrons. The Morgan fingerprint density at radius 1 is 1.06 bits per heavy atom. The first kappa shape index (κ1) is 24.8. The van der Waals surface area contributed by atoms with E-state index in [0.717, 1.165) is 42.6 Å². The molecule has 3 rings (SSSR count). The minimum atomic E-state index is -0.463. The van der Waals surface area contributed by atoms with Gasteiger partial charge in [-0.05, 0) is 50.3 Å². The second-order valence-corrected chi connectivity index (χ2v) is 9.04. The molecule has 0 aliphatic heterocycles. The number of nitrogens with one attached hydrogen (secondary N) is 1. The van der Waals surface area contributed by atoms with Crippen LogP contribution in [0.2, 0.25) is 0 Å². The molecule has 1 unspecified atom stereocenters. The molecule has 5 heteroatoms. The fourth-order valence-corrected chi connectivity index (χ4v) is 4.54. The molecule has 0 spiro atoms. The van der Waals surface area contributed by atoms with Crippen LogP contribution in [-0.2, 0) is 16.1 Å². The highest BCUT2D eigenvalue weighted by atomic mass is 16.5. The fourth-order valence-electron chi connectivity index (χ4n) is 4.54. The average Bonchev–Trinajstić information content (AvgIpc) is 2.83. The Hall–Kier alpha value is -2.82. The van der Waals surface area contributed by atoms with Crippen molar-refractivity contribution in [3.63, 3.8) is 0 Å². The van der Waals surface area contributed by atoms with Crippen LogP contribution in [0.1, 0.15) is 69.4 Å². The Bertz CT molecular complexity index is 878. The molecular weight excluding hydrogens is 412 g/mol. The van der Waals surface area contributed by atoms with Crippen molar-refractivity contribution >= 4 is 11.8 Å². The summed E-state index contributed by atoms with van der Waals surface area (Å²) < 4.78 is 5.75. The first-order valence-corrected chi connectivity index (χ1v) is 12.4. The molecule has 1 aliphatic rings. The number of hydrogen-bond acceptors (Lipinski definition) is 3. The average molecular weight is 451 g/mol. The summed E-state index contributed by atoms with van der Waals surface area (Å²) in [5, 5.41) is 3.23. The van der Waals surface area contributed by atoms with Gasteiger partial charge < -0.3 is 15.0 Å². The van der Waals surface area contributed by atoms with Crippen LogP contribution >= 0.6 is 0 Å². The number of carbonyl (C=O) groups excluding carboxylic acids is 2. The first-order valence-electron chi connectivity index (χ1n) is 12.4. The number of para-hydroxylation sites is 1. The lowest BCUT2D eigenvalue weighted by atomic mass is 9.95. The fraction of sp³-hybridized carbons (Fsp3) is 0.500. The smallest absolute Gasteiger partial charge is 0.243 e. The van der Waals surface area contributed by atoms with Gasteiger partial charge in [0.05, 0.1) is 6.61 Å². The van der Waals surface area contributed by atoms with Crippen LogP contribution in [0.3, 0.4) is 0 Å². The minimum absolute atomic E-state index is 0.00110. The lowest BCUT2D eigenvalue weighted by molar-refractivity contribution is -0.142. The van der Waals surface area contributed by atoms with Crippen molar-refractivity contribution in [2.24, 2.45) is 0 Å². The summed E-state index contributed by atoms with van der Waals surface area (Å²) in [6, 6.07) is 17.6. The van der Waals surface area contributed by atoms with Gasteiger partial charge >= 0.3 is 0 Å². The first-order chi connectivity index (χ1) is 16.1. The van der Waals surface area contributed by atoms with Gasteiger partial charge in [0.1, 0.15) is 11.8 Å². The third-order valence-electron chi connectivity index (χ3n) is 6.32. The maximum Gasteiger partial charge on any atom is 0.243 e. The van der Waals surface area contributed by atoms with Crippen LogP contribution < -0.4 is 10.1 Å². The van der Waals surface area contributed by atoms with E-state index < -0.39 is 6.04 Å². The van der Waals surface area contributed by atoms with E-state index in [9.17, 15) is 9.59 Å². The summed E-state index contributed by atoms with van der Waals surface area (Å²) in [5.41, 5.74) is 2.20. The number of rotatable bonds is 11. The van der Waals surface area contributed by atoms with Gasteiger partial charge in [-0.25, -0.2) is 0 Å². The molecule has 0 heterocycles. The van der Waals surface area contributed by atoms with Gasteiger partial charge in [0.25, 0.3) is 0 Å². The number of amides is 2. The molecule has 2 aromatic carbocycles. The van der Waals surface area contributed by atoms with Gasteiger partial charge in [0, 0.05) is 19.0 Å². The van der Waals surface area contributed by atoms with Crippen molar-refractivity contribution in [2.75, 3.05) is 6.61 Å². The van der Waals surface area contributed by atoms with E-state index >= 15 is 0 Å². The second kappa shape index (κ2) is 13.0. The minimum Gasteiger partial charge on any atom is -0.494 e. The van der Waals surface area contributed by atoms with E-state index in [0.29, 0.717) is 32.4 Å². The largest absolute Gasteiger partial charge is 0.494 e. The summed E-state index contributed by atoms with van der Waals surface area (Å²) in [5.74, 6) is 0.782. The van der Waals surface area contributed by atoms with Crippen molar-refractivity contribution in [3.8, 4) is 5.75 Å². The Labute approximate surface area is 198 Å². The van der Waals surface area contributed by atoms with Crippen LogP contribution in [-0.4, -0.2) is 35.4 Å². The summed E-state index contributed by atoms with van der Waals surface area (Å²) in [7, 11) is 0. The number of hydrogen-bond donors (Lipinski definition) is 1. The number of nitrogens with zero attached hydrogens (tertiary/aromatic N) is 1. The van der Waals surface area contributed by atoms with E-state index in [1.54, 1.807) is 4.90 Å². The topological polar surface area (TPSA) is 58.6 Å². The molecule has 5 nitrogen and oxygen atoms in total. The summed E-state index contributed by atoms with van der Waals surface area (Å²) in [4.78, 5) is 28.3. The third-order valence-corrected chi connectivity index (χ3v) is 6.32. The van der Waals surface area contributed by atoms with Crippen molar-refractivity contribution < 1.29 is 14.3 Å². The summed E-state index contributed by atoms with van der Waals surface area (Å²) in [6.45, 7) is 4.94. The molecule has 0 aromatic heterocycles. The highest BCUT2D eigenvalue weighted by Gasteiger charge is 2.30. The lowest BCUT2D eigenvalue weighted by Gasteiger charge is -2.33. The standard InChI is InChI=1S/C28H38N2O3/c1-3-26(28(32)29-24-14-6-4-7-15-24)30(21-23-13-10-12-22(2)20-23)27(31)18-11-19-33-25-16-8-5-9-17-25/h5,8-10,12-13,16-17,20,24,26H,3-4,6-7,11,14-15,18-19,21H2,1-2H3,(H,29,32). The van der Waals surface area contributed by atoms with Gasteiger partial charge in [-0.1, -0.05) is 74.2 Å². The number of aryl methyl sites for hydroxylation is 1. The summed E-state index contributed by atoms with van der Waals surface area (Å²) in [6.07, 6.45) is 7.19. The predicted octanol–water partition coefficient (Wildman–Crippen LogP) is 5.41. The molecule has 33 heavy (non-hydrogen) atoms. The monoisotopic (exact) mass is 450 g/mol. The van der Waals surface area contributed by atoms with Gasteiger partial charge in [0.2, 0.25) is 11.8 Å². The molecule has 0 bridgehead atoms. The molecule has 0 saturated heterocycles. The third kappa shape index (κ3) is 7.92. The highest BCUT2D eigenvalue weighted by molar-refractivity contribution is 5.87. The number of ether oxygens (including phenoxy) is 1. The maximum atomic E-state index is 13.3. The lowest BCUT2D eigenvalue weighted by Crippen LogP contribution is -2.51. The molecule has 1 fully saturated rings. The molecule has 178 valence electrons. The molecule has 1 atom stereocenters. The second-order valence-electron chi connectivity index (χ2n) is 9.04. The SMILES string of the molecule is CCC(C(=O)NC1CCCCC1)N(Cc1cccc(C)c1)C(=O)CCCOc1ccccc1. The predicted molar refractivity (Wildman–Crippen MR) is 132 cm³/mol. The van der Waals surface area contributed by atoms with E-state index in [1.165, 1.54) is 6.42 Å². The van der Waals surface area contributed by atoms with Crippen LogP contribution in [0.25, 0.3) is 0 Å². The zero-order valence-electron chi connectivity index (χ0n) is 20.1. The van der Waals surface area contributed by atoms with E-state index in [2.05, 4.69) is 11.4 Å². The van der Waals surface area contributed by atoms with Crippen molar-refractivity contribution in [1.82, 2.24) is 10.2 Å². The molecule has 1 saturated carbocycles. The van der Waals surface area contributed by atoms with E-state index in [1.807, 2.05) is 62.4 Å². The zero-order chi connectivity index (χ0) is 23.5. The van der Waals surface area contributed by atoms with Crippen molar-refractivity contribution in [3.05, 3.63) is 65.7 Å². The normalized spacial score (nSPS) is 15.0. The Kier molecular flexibility index (Phi) is 9.79. The van der Waals surface area contributed by atoms with E-state index in [4.69, 9.17) is 4.74 Å². The Morgan fingerprint density at radius 3 is 2.52 bits per heavy atom. The Morgan fingerprint density at radius 2 is 1.82 bits per heavy atom. The van der Waals surface area contributed by atoms with Crippen molar-refractivity contribution in [2.45, 2.75) is 83.8 Å². The molecular formula is C28H38N2O3. The number of carbonyl (C=O) groups is 2. The van der Waals surface area contributed by atoms with E-state index in [-0.39, 0.29) is 17.9 Å². The zero-order valence-corrected chi connectivity index (χ0v) is 20.1. The van der Waals surface area contributed by atoms with Gasteiger partial charge in [-0.2, -0.15) is 0 Å². The quantitative estimate of drug-likeness (QED) is 0.466. The highest BCUT2D eigenvalue weighted by Crippen LogP contribution is 2.20. The van der Waals surface area contributed by atoms with Crippen molar-refractivity contribution in [1.29, 1.82) is 0 Å². The van der Waals surface area contributed by atoms with Gasteiger partial charge in [-0.3, -0.25) is 9.59 Å². The maximum absolute atomic E-state index is 13.3. The molecule has 2 amide bonds. The van der Waals surface area contributed by atoms with Gasteiger partial charge in [0.15, 0.2) is 0 Å². The number of benzene rings is 2. The van der Waals surface area contributed by atoms with Crippen LogP contribution in [0, 0.1) is 6.92 Å². The van der Waals surface area contributed by atoms with Crippen LogP contribution in [0.5, 0.6) is 5.75 Å². The molecule has 2 aromatic rings. The van der Waals surface area contributed by atoms with Crippen LogP contribution in [0.15, 0.2) is 54.6 Å².